The number of nitrogens with one attached hydrogen (secondary N) is 4. The van der Waals surface area contributed by atoms with Gasteiger partial charge in [-0.05, 0) is 219 Å². The number of Topliss-reactive ketones (excluding diaryl/α,β-unsaturated/α-hetero) is 1. The van der Waals surface area contributed by atoms with E-state index in [1.54, 1.807) is 53.4 Å². The van der Waals surface area contributed by atoms with Gasteiger partial charge in [-0.1, -0.05) is 205 Å². The molecule has 4 aliphatic rings. The van der Waals surface area contributed by atoms with Gasteiger partial charge in [0.1, 0.15) is 5.78 Å². The summed E-state index contributed by atoms with van der Waals surface area (Å²) in [6.45, 7) is 32.0. The Morgan fingerprint density at radius 1 is 0.392 bits per heavy atom. The molecule has 0 bridgehead atoms. The van der Waals surface area contributed by atoms with E-state index in [9.17, 15) is 46.7 Å². The van der Waals surface area contributed by atoms with Gasteiger partial charge in [0, 0.05) is 156 Å². The number of ketones is 1. The van der Waals surface area contributed by atoms with E-state index < -0.39 is 29.6 Å². The van der Waals surface area contributed by atoms with Crippen LogP contribution in [0.4, 0.5) is 55.1 Å². The third-order valence-electron chi connectivity index (χ3n) is 25.9. The zero-order valence-corrected chi connectivity index (χ0v) is 79.0. The summed E-state index contributed by atoms with van der Waals surface area (Å²) >= 11 is 5.62. The highest BCUT2D eigenvalue weighted by Gasteiger charge is 2.37. The lowest BCUT2D eigenvalue weighted by Crippen LogP contribution is -2.50. The van der Waals surface area contributed by atoms with Crippen LogP contribution in [0.15, 0.2) is 206 Å². The maximum atomic E-state index is 13.5. The highest BCUT2D eigenvalue weighted by atomic mass is 35.5. The molecule has 0 aromatic heterocycles. The number of halogens is 4. The number of amides is 10. The van der Waals surface area contributed by atoms with Crippen LogP contribution in [0.25, 0.3) is 0 Å². The molecule has 0 saturated carbocycles. The molecule has 4 saturated heterocycles. The van der Waals surface area contributed by atoms with Crippen molar-refractivity contribution < 1.29 is 46.7 Å². The van der Waals surface area contributed by atoms with Crippen molar-refractivity contribution in [2.75, 3.05) is 79.5 Å². The van der Waals surface area contributed by atoms with E-state index in [2.05, 4.69) is 151 Å². The van der Waals surface area contributed by atoms with Gasteiger partial charge in [0.05, 0.1) is 22.7 Å². The van der Waals surface area contributed by atoms with Gasteiger partial charge in [-0.25, -0.2) is 19.2 Å². The first-order chi connectivity index (χ1) is 62.6. The van der Waals surface area contributed by atoms with Crippen LogP contribution in [0.3, 0.4) is 0 Å². The summed E-state index contributed by atoms with van der Waals surface area (Å²) < 4.78 is 39.6. The number of hydrogen-bond donors (Lipinski definition) is 6. The minimum absolute atomic E-state index is 0.0105. The molecule has 0 aliphatic carbocycles. The van der Waals surface area contributed by atoms with E-state index in [1.807, 2.05) is 107 Å². The fourth-order valence-electron chi connectivity index (χ4n) is 18.3. The maximum Gasteiger partial charge on any atom is 0.416 e. The second-order valence-electron chi connectivity index (χ2n) is 35.5. The Morgan fingerprint density at radius 2 is 0.731 bits per heavy atom. The molecule has 21 nitrogen and oxygen atoms in total. The molecule has 8 aromatic rings. The summed E-state index contributed by atoms with van der Waals surface area (Å²) in [5.41, 5.74) is 20.4. The maximum absolute atomic E-state index is 13.5. The number of likely N-dealkylation sites (tertiary alicyclic amines) is 4. The number of alkyl halides is 4. The molecule has 4 unspecified atom stereocenters. The largest absolute Gasteiger partial charge is 0.416 e. The number of carbonyl (C=O) groups excluding carboxylic acids is 7. The lowest BCUT2D eigenvalue weighted by molar-refractivity contribution is -0.137. The molecule has 8 aromatic carbocycles. The summed E-state index contributed by atoms with van der Waals surface area (Å²) in [6.07, 6.45) is 13.3. The second kappa shape index (κ2) is 53.0. The number of urea groups is 4. The van der Waals surface area contributed by atoms with Gasteiger partial charge in [0.15, 0.2) is 0 Å². The van der Waals surface area contributed by atoms with Gasteiger partial charge >= 0.3 is 30.3 Å². The molecule has 4 fully saturated rings. The Kier molecular flexibility index (Phi) is 42.0. The molecule has 10 amide bonds. The van der Waals surface area contributed by atoms with Crippen molar-refractivity contribution in [1.29, 1.82) is 0 Å². The summed E-state index contributed by atoms with van der Waals surface area (Å²) in [5, 5.41) is 11.9. The van der Waals surface area contributed by atoms with Crippen LogP contribution in [0, 0.1) is 13.8 Å². The second-order valence-corrected chi connectivity index (χ2v) is 35.8. The normalized spacial score (nSPS) is 16.0. The first-order valence-corrected chi connectivity index (χ1v) is 47.7. The Morgan fingerprint density at radius 3 is 1.11 bits per heavy atom. The average molecular weight is 1800 g/mol. The minimum Gasteiger partial charge on any atom is -0.366 e. The van der Waals surface area contributed by atoms with Crippen LogP contribution < -0.4 is 32.7 Å². The number of rotatable bonds is 34. The topological polar surface area (TPSA) is 246 Å². The van der Waals surface area contributed by atoms with E-state index in [0.717, 1.165) is 168 Å². The number of para-hydroxylation sites is 2. The summed E-state index contributed by atoms with van der Waals surface area (Å²) in [7, 11) is 0. The average Bonchev–Trinajstić information content (AvgIpc) is 0.796. The fourth-order valence-corrected chi connectivity index (χ4v) is 18.4. The monoisotopic (exact) mass is 1800 g/mol. The zero-order chi connectivity index (χ0) is 93.7. The highest BCUT2D eigenvalue weighted by Crippen LogP contribution is 2.34. The number of carbonyl (C=O) groups is 7. The first kappa shape index (κ1) is 103. The third-order valence-corrected chi connectivity index (χ3v) is 26.2. The summed E-state index contributed by atoms with van der Waals surface area (Å²) in [4.78, 5) is 106. The molecule has 8 N–H and O–H groups in total. The van der Waals surface area contributed by atoms with Crippen molar-refractivity contribution in [3.63, 3.8) is 0 Å². The smallest absolute Gasteiger partial charge is 0.366 e. The summed E-state index contributed by atoms with van der Waals surface area (Å²) in [6, 6.07) is 64.7. The molecule has 25 heteroatoms. The molecule has 4 atom stereocenters. The van der Waals surface area contributed by atoms with Crippen LogP contribution in [-0.4, -0.2) is 187 Å². The number of nitrogens with zero attached hydrogens (tertiary/aromatic N) is 8. The first-order valence-electron chi connectivity index (χ1n) is 47.1. The number of aryl methyl sites for hydroxylation is 3. The number of piperidine rings is 4. The van der Waals surface area contributed by atoms with Crippen LogP contribution in [0.1, 0.15) is 230 Å². The molecule has 130 heavy (non-hydrogen) atoms. The Bertz CT molecular complexity index is 4770. The van der Waals surface area contributed by atoms with Crippen molar-refractivity contribution in [3.05, 3.63) is 262 Å². The van der Waals surface area contributed by atoms with E-state index in [0.29, 0.717) is 85.7 Å². The van der Waals surface area contributed by atoms with E-state index in [-0.39, 0.29) is 59.6 Å². The highest BCUT2D eigenvalue weighted by molar-refractivity contribution is 6.27. The van der Waals surface area contributed by atoms with Crippen molar-refractivity contribution in [1.82, 2.24) is 39.2 Å². The Hall–Kier alpha value is -10.6. The van der Waals surface area contributed by atoms with Crippen molar-refractivity contribution in [3.8, 4) is 0 Å². The number of primary amides is 2. The van der Waals surface area contributed by atoms with Gasteiger partial charge < -0.3 is 71.9 Å². The van der Waals surface area contributed by atoms with Gasteiger partial charge in [-0.3, -0.25) is 14.4 Å². The van der Waals surface area contributed by atoms with Gasteiger partial charge in [0.2, 0.25) is 5.91 Å². The minimum atomic E-state index is -4.49. The van der Waals surface area contributed by atoms with Crippen LogP contribution >= 0.6 is 11.6 Å². The third kappa shape index (κ3) is 32.4. The fraction of sp³-hybridized carbons (Fsp3) is 0.476. The molecule has 0 spiro atoms. The lowest BCUT2D eigenvalue weighted by atomic mass is 9.99. The van der Waals surface area contributed by atoms with Gasteiger partial charge in [-0.2, -0.15) is 13.2 Å². The van der Waals surface area contributed by atoms with Crippen LogP contribution in [0.2, 0.25) is 0 Å². The van der Waals surface area contributed by atoms with E-state index >= 15 is 0 Å². The quantitative estimate of drug-likeness (QED) is 0.0207. The molecule has 4 heterocycles. The Labute approximate surface area is 776 Å². The number of nitrogens with two attached hydrogens (primary N) is 2. The van der Waals surface area contributed by atoms with Crippen LogP contribution in [-0.2, 0) is 43.6 Å². The summed E-state index contributed by atoms with van der Waals surface area (Å²) in [5.74, 6) is -1.07. The zero-order valence-electron chi connectivity index (χ0n) is 78.3. The molecule has 702 valence electrons. The molecule has 4 aliphatic heterocycles. The Balaban J connectivity index is 0.000000196. The molecular formula is C105H142ClF3N14O7. The standard InChI is InChI=1S/C29H37ClF3N3O2.C26H37N3O.2C25H34N4O2/c1-3-6-21(2)35-15-13-26(14-16-35)36(20-23-8-4-7-22(17-23)11-12-27(37)19-30)28(38)34-25-10-5-9-24(18-25)29(31,32)33;1-5-10-22(4)28-17-15-24(16-18-28)29(19-23-13-7-6-8-14-23)26(30)27-25-20(2)11-9-12-21(25)3;1-3-9-19(2)28-16-14-21(15-17-28)29(18-20-10-5-4-6-11-20)25(31)27-23-13-8-7-12-22(23)24(26)30;1-3-7-19(2)28-16-14-23(15-17-28)29(18-20-8-5-4-6-9-20)25(31)27-22-12-10-21(11-13-22)24(26)30/h4-5,7-10,17-18,21,26H,3,6,11-16,19-20H2,1-2H3,(H,34,38);6-9,11-14,22,24H,5,10,15-19H2,1-4H3,(H,27,30);4-8,10-13,19,21H,3,9,14-18H2,1-2H3,(H2,26,30)(H,27,31);4-6,8-13,19,23H,3,7,14-18H2,1-2H3,(H2,26,30)(H,27,31). The predicted molar refractivity (Wildman–Crippen MR) is 521 cm³/mol. The SMILES string of the molecule is CCCC(C)N1CCC(N(Cc2cccc(CCC(=O)CCl)c2)C(=O)Nc2cccc(C(F)(F)F)c2)CC1.CCCC(C)N1CCC(N(Cc2ccccc2)C(=O)Nc2c(C)cccc2C)CC1.CCCC(C)N1CCC(N(Cc2ccccc2)C(=O)Nc2ccc(C(N)=O)cc2)CC1.CCCC(C)N1CCC(N(Cc2ccccc2)C(=O)Nc2ccccc2C(N)=O)CC1. The number of anilines is 4. The number of benzene rings is 8. The molecular weight excluding hydrogens is 1660 g/mol. The van der Waals surface area contributed by atoms with Crippen molar-refractivity contribution in [2.24, 2.45) is 11.5 Å². The van der Waals surface area contributed by atoms with Crippen molar-refractivity contribution in [2.45, 2.75) is 266 Å². The van der Waals surface area contributed by atoms with Gasteiger partial charge in [-0.15, -0.1) is 11.6 Å². The molecule has 0 radical (unpaired) electrons. The van der Waals surface area contributed by atoms with E-state index in [4.69, 9.17) is 23.1 Å². The van der Waals surface area contributed by atoms with Crippen LogP contribution in [0.5, 0.6) is 0 Å². The predicted octanol–water partition coefficient (Wildman–Crippen LogP) is 22.1. The number of hydrogen-bond acceptors (Lipinski definition) is 11. The lowest BCUT2D eigenvalue weighted by Gasteiger charge is -2.41. The molecule has 12 rings (SSSR count). The van der Waals surface area contributed by atoms with Gasteiger partial charge in [0.25, 0.3) is 5.91 Å². The van der Waals surface area contributed by atoms with E-state index in [1.165, 1.54) is 56.2 Å². The van der Waals surface area contributed by atoms with Crippen molar-refractivity contribution >= 4 is 76.1 Å².